The second-order valence-corrected chi connectivity index (χ2v) is 5.73. The van der Waals surface area contributed by atoms with Crippen LogP contribution >= 0.6 is 0 Å². The van der Waals surface area contributed by atoms with Crippen molar-refractivity contribution >= 4 is 12.0 Å². The third-order valence-electron chi connectivity index (χ3n) is 4.32. The van der Waals surface area contributed by atoms with Gasteiger partial charge in [-0.2, -0.15) is 0 Å². The molecule has 114 valence electrons. The highest BCUT2D eigenvalue weighted by molar-refractivity contribution is 5.77. The number of amides is 2. The summed E-state index contributed by atoms with van der Waals surface area (Å²) in [6, 6.07) is 0.0774. The molecule has 6 nitrogen and oxygen atoms in total. The zero-order valence-electron chi connectivity index (χ0n) is 12.0. The van der Waals surface area contributed by atoms with E-state index < -0.39 is 12.1 Å². The van der Waals surface area contributed by atoms with Crippen molar-refractivity contribution in [2.24, 2.45) is 5.92 Å². The summed E-state index contributed by atoms with van der Waals surface area (Å²) in [4.78, 5) is 24.7. The van der Waals surface area contributed by atoms with Gasteiger partial charge in [0.2, 0.25) is 0 Å². The van der Waals surface area contributed by atoms with Crippen LogP contribution in [0.1, 0.15) is 39.0 Å². The Hall–Kier alpha value is -1.30. The molecule has 1 saturated carbocycles. The maximum Gasteiger partial charge on any atom is 0.334 e. The molecule has 2 fully saturated rings. The molecule has 1 heterocycles. The van der Waals surface area contributed by atoms with Crippen LogP contribution in [-0.4, -0.2) is 53.8 Å². The van der Waals surface area contributed by atoms with Gasteiger partial charge in [0.15, 0.2) is 6.10 Å². The van der Waals surface area contributed by atoms with Crippen LogP contribution in [0.25, 0.3) is 0 Å². The van der Waals surface area contributed by atoms with E-state index in [1.54, 1.807) is 4.90 Å². The van der Waals surface area contributed by atoms with Gasteiger partial charge in [-0.3, -0.25) is 0 Å². The van der Waals surface area contributed by atoms with Crippen molar-refractivity contribution in [1.82, 2.24) is 10.2 Å². The standard InChI is InChI=1S/C14H24N2O4/c1-2-10-4-3-5-11(8-10)15-14(19)16-6-7-20-12(9-16)13(17)18/h10-12H,2-9H2,1H3,(H,15,19)(H,17,18). The first-order chi connectivity index (χ1) is 9.60. The molecule has 0 aromatic rings. The van der Waals surface area contributed by atoms with Crippen molar-refractivity contribution in [2.75, 3.05) is 19.7 Å². The molecule has 3 atom stereocenters. The fraction of sp³-hybridized carbons (Fsp3) is 0.857. The Morgan fingerprint density at radius 2 is 2.20 bits per heavy atom. The molecule has 2 aliphatic rings. The Kier molecular flexibility index (Phi) is 5.23. The first kappa shape index (κ1) is 15.1. The van der Waals surface area contributed by atoms with Crippen molar-refractivity contribution in [1.29, 1.82) is 0 Å². The number of aliphatic carboxylic acids is 1. The molecular formula is C14H24N2O4. The second kappa shape index (κ2) is 6.92. The number of nitrogens with one attached hydrogen (secondary N) is 1. The molecule has 1 aliphatic carbocycles. The van der Waals surface area contributed by atoms with Crippen LogP contribution in [0.5, 0.6) is 0 Å². The minimum atomic E-state index is -1.01. The minimum absolute atomic E-state index is 0.130. The summed E-state index contributed by atoms with van der Waals surface area (Å²) in [6.45, 7) is 3.06. The van der Waals surface area contributed by atoms with Crippen LogP contribution in [-0.2, 0) is 9.53 Å². The van der Waals surface area contributed by atoms with E-state index in [2.05, 4.69) is 12.2 Å². The summed E-state index contributed by atoms with van der Waals surface area (Å²) in [7, 11) is 0. The zero-order valence-corrected chi connectivity index (χ0v) is 12.0. The number of carboxylic acid groups (broad SMARTS) is 1. The lowest BCUT2D eigenvalue weighted by molar-refractivity contribution is -0.154. The third kappa shape index (κ3) is 3.85. The molecule has 2 N–H and O–H groups in total. The molecule has 0 spiro atoms. The Labute approximate surface area is 119 Å². The van der Waals surface area contributed by atoms with E-state index in [1.807, 2.05) is 0 Å². The molecule has 0 radical (unpaired) electrons. The van der Waals surface area contributed by atoms with E-state index in [1.165, 1.54) is 6.42 Å². The molecule has 3 unspecified atom stereocenters. The maximum absolute atomic E-state index is 12.2. The molecular weight excluding hydrogens is 260 g/mol. The van der Waals surface area contributed by atoms with Crippen molar-refractivity contribution < 1.29 is 19.4 Å². The quantitative estimate of drug-likeness (QED) is 0.822. The summed E-state index contributed by atoms with van der Waals surface area (Å²) >= 11 is 0. The number of hydrogen-bond acceptors (Lipinski definition) is 3. The van der Waals surface area contributed by atoms with Crippen LogP contribution in [0.3, 0.4) is 0 Å². The van der Waals surface area contributed by atoms with Crippen molar-refractivity contribution in [3.63, 3.8) is 0 Å². The number of morpholine rings is 1. The Balaban J connectivity index is 1.83. The lowest BCUT2D eigenvalue weighted by atomic mass is 9.84. The Bertz CT molecular complexity index is 361. The van der Waals surface area contributed by atoms with Crippen LogP contribution in [0.15, 0.2) is 0 Å². The van der Waals surface area contributed by atoms with E-state index >= 15 is 0 Å². The number of carbonyl (C=O) groups is 2. The summed E-state index contributed by atoms with van der Waals surface area (Å²) in [5.74, 6) is -0.309. The Morgan fingerprint density at radius 3 is 2.90 bits per heavy atom. The molecule has 0 aromatic heterocycles. The normalized spacial score (nSPS) is 30.9. The number of rotatable bonds is 3. The number of carboxylic acids is 1. The second-order valence-electron chi connectivity index (χ2n) is 5.73. The van der Waals surface area contributed by atoms with Gasteiger partial charge in [0.1, 0.15) is 0 Å². The van der Waals surface area contributed by atoms with Crippen molar-refractivity contribution in [3.05, 3.63) is 0 Å². The van der Waals surface area contributed by atoms with E-state index in [-0.39, 0.29) is 25.2 Å². The molecule has 6 heteroatoms. The van der Waals surface area contributed by atoms with Gasteiger partial charge in [0, 0.05) is 12.6 Å². The fourth-order valence-electron chi connectivity index (χ4n) is 3.04. The number of nitrogens with zero attached hydrogens (tertiary/aromatic N) is 1. The smallest absolute Gasteiger partial charge is 0.334 e. The van der Waals surface area contributed by atoms with Crippen LogP contribution in [0.4, 0.5) is 4.79 Å². The summed E-state index contributed by atoms with van der Waals surface area (Å²) < 4.78 is 5.12. The highest BCUT2D eigenvalue weighted by Crippen LogP contribution is 2.26. The van der Waals surface area contributed by atoms with Gasteiger partial charge in [-0.15, -0.1) is 0 Å². The summed E-state index contributed by atoms with van der Waals surface area (Å²) in [6.07, 6.45) is 4.73. The first-order valence-corrected chi connectivity index (χ1v) is 7.50. The van der Waals surface area contributed by atoms with E-state index in [4.69, 9.17) is 9.84 Å². The highest BCUT2D eigenvalue weighted by atomic mass is 16.5. The van der Waals surface area contributed by atoms with Crippen LogP contribution < -0.4 is 5.32 Å². The SMILES string of the molecule is CCC1CCCC(NC(=O)N2CCOC(C(=O)O)C2)C1. The molecule has 1 saturated heterocycles. The minimum Gasteiger partial charge on any atom is -0.479 e. The largest absolute Gasteiger partial charge is 0.479 e. The molecule has 2 amide bonds. The lowest BCUT2D eigenvalue weighted by Gasteiger charge is -2.34. The fourth-order valence-corrected chi connectivity index (χ4v) is 3.04. The van der Waals surface area contributed by atoms with Gasteiger partial charge in [-0.25, -0.2) is 9.59 Å². The number of ether oxygens (including phenoxy) is 1. The number of carbonyl (C=O) groups excluding carboxylic acids is 1. The first-order valence-electron chi connectivity index (χ1n) is 7.50. The molecule has 1 aliphatic heterocycles. The third-order valence-corrected chi connectivity index (χ3v) is 4.32. The predicted octanol–water partition coefficient (Wildman–Crippen LogP) is 1.45. The van der Waals surface area contributed by atoms with Crippen molar-refractivity contribution in [3.8, 4) is 0 Å². The van der Waals surface area contributed by atoms with Gasteiger partial charge < -0.3 is 20.1 Å². The average Bonchev–Trinajstić information content (AvgIpc) is 2.47. The predicted molar refractivity (Wildman–Crippen MR) is 73.5 cm³/mol. The number of hydrogen-bond donors (Lipinski definition) is 2. The van der Waals surface area contributed by atoms with E-state index in [0.717, 1.165) is 25.7 Å². The molecule has 0 aromatic carbocycles. The van der Waals surface area contributed by atoms with Crippen molar-refractivity contribution in [2.45, 2.75) is 51.2 Å². The average molecular weight is 284 g/mol. The highest BCUT2D eigenvalue weighted by Gasteiger charge is 2.30. The van der Waals surface area contributed by atoms with E-state index in [9.17, 15) is 9.59 Å². The molecule has 2 rings (SSSR count). The van der Waals surface area contributed by atoms with Crippen LogP contribution in [0, 0.1) is 5.92 Å². The van der Waals surface area contributed by atoms with Gasteiger partial charge in [-0.05, 0) is 18.8 Å². The monoisotopic (exact) mass is 284 g/mol. The molecule has 20 heavy (non-hydrogen) atoms. The van der Waals surface area contributed by atoms with Gasteiger partial charge in [0.25, 0.3) is 0 Å². The van der Waals surface area contributed by atoms with Crippen LogP contribution in [0.2, 0.25) is 0 Å². The summed E-state index contributed by atoms with van der Waals surface area (Å²) in [5.41, 5.74) is 0. The van der Waals surface area contributed by atoms with Gasteiger partial charge in [-0.1, -0.05) is 26.2 Å². The maximum atomic E-state index is 12.2. The van der Waals surface area contributed by atoms with E-state index in [0.29, 0.717) is 12.5 Å². The molecule has 0 bridgehead atoms. The topological polar surface area (TPSA) is 78.9 Å². The number of urea groups is 1. The lowest BCUT2D eigenvalue weighted by Crippen LogP contribution is -2.54. The zero-order chi connectivity index (χ0) is 14.5. The Morgan fingerprint density at radius 1 is 1.40 bits per heavy atom. The summed E-state index contributed by atoms with van der Waals surface area (Å²) in [5, 5.41) is 12.0. The van der Waals surface area contributed by atoms with Gasteiger partial charge in [0.05, 0.1) is 13.2 Å². The van der Waals surface area contributed by atoms with Gasteiger partial charge >= 0.3 is 12.0 Å².